The number of amides is 2. The highest BCUT2D eigenvalue weighted by Gasteiger charge is 2.36. The van der Waals surface area contributed by atoms with Gasteiger partial charge in [0.1, 0.15) is 0 Å². The minimum Gasteiger partial charge on any atom is -0.395 e. The van der Waals surface area contributed by atoms with Crippen molar-refractivity contribution in [3.05, 3.63) is 12.2 Å². The molecule has 0 bridgehead atoms. The van der Waals surface area contributed by atoms with E-state index in [-0.39, 0.29) is 36.8 Å². The lowest BCUT2D eigenvalue weighted by molar-refractivity contribution is -0.145. The first kappa shape index (κ1) is 15.0. The topological polar surface area (TPSA) is 78.9 Å². The number of allylic oxidation sites excluding steroid dienone is 2. The van der Waals surface area contributed by atoms with E-state index < -0.39 is 0 Å². The first-order valence-electron chi connectivity index (χ1n) is 7.14. The molecule has 6 nitrogen and oxygen atoms in total. The summed E-state index contributed by atoms with van der Waals surface area (Å²) in [6.07, 6.45) is 5.11. The summed E-state index contributed by atoms with van der Waals surface area (Å²) in [5.41, 5.74) is 0. The van der Waals surface area contributed by atoms with E-state index in [9.17, 15) is 9.59 Å². The van der Waals surface area contributed by atoms with Crippen LogP contribution in [0.2, 0.25) is 0 Å². The molecule has 0 radical (unpaired) electrons. The van der Waals surface area contributed by atoms with Crippen LogP contribution in [-0.4, -0.2) is 61.3 Å². The van der Waals surface area contributed by atoms with E-state index >= 15 is 0 Å². The molecule has 20 heavy (non-hydrogen) atoms. The Morgan fingerprint density at radius 2 is 1.85 bits per heavy atom. The molecular weight excluding hydrogens is 260 g/mol. The standard InChI is InChI=1S/C14H22N2O4/c17-8-5-15-13(18)11-3-1-2-4-12(11)14(19)16-6-9-20-10-7-16/h1-2,11-12,17H,3-10H2,(H,15,18). The fourth-order valence-electron chi connectivity index (χ4n) is 2.71. The molecule has 2 amide bonds. The first-order chi connectivity index (χ1) is 9.74. The highest BCUT2D eigenvalue weighted by atomic mass is 16.5. The Morgan fingerprint density at radius 1 is 1.20 bits per heavy atom. The maximum atomic E-state index is 12.5. The molecule has 2 rings (SSSR count). The third-order valence-electron chi connectivity index (χ3n) is 3.82. The number of carbonyl (C=O) groups excluding carboxylic acids is 2. The van der Waals surface area contributed by atoms with E-state index in [2.05, 4.69) is 5.32 Å². The molecule has 0 aromatic heterocycles. The zero-order valence-corrected chi connectivity index (χ0v) is 11.6. The van der Waals surface area contributed by atoms with Gasteiger partial charge in [0.2, 0.25) is 11.8 Å². The van der Waals surface area contributed by atoms with Gasteiger partial charge in [-0.05, 0) is 12.8 Å². The van der Waals surface area contributed by atoms with Crippen LogP contribution in [0.15, 0.2) is 12.2 Å². The first-order valence-corrected chi connectivity index (χ1v) is 7.14. The van der Waals surface area contributed by atoms with Crippen molar-refractivity contribution < 1.29 is 19.4 Å². The molecule has 1 heterocycles. The van der Waals surface area contributed by atoms with Crippen molar-refractivity contribution in [3.8, 4) is 0 Å². The number of aliphatic hydroxyl groups excluding tert-OH is 1. The van der Waals surface area contributed by atoms with Gasteiger partial charge >= 0.3 is 0 Å². The minimum absolute atomic E-state index is 0.0433. The van der Waals surface area contributed by atoms with E-state index in [1.807, 2.05) is 12.2 Å². The number of rotatable bonds is 4. The zero-order valence-electron chi connectivity index (χ0n) is 11.6. The van der Waals surface area contributed by atoms with Gasteiger partial charge in [-0.1, -0.05) is 12.2 Å². The minimum atomic E-state index is -0.332. The van der Waals surface area contributed by atoms with Gasteiger partial charge in [-0.3, -0.25) is 9.59 Å². The van der Waals surface area contributed by atoms with Gasteiger partial charge in [-0.15, -0.1) is 0 Å². The van der Waals surface area contributed by atoms with Crippen molar-refractivity contribution in [2.45, 2.75) is 12.8 Å². The molecule has 1 aliphatic carbocycles. The van der Waals surface area contributed by atoms with Crippen LogP contribution in [0.3, 0.4) is 0 Å². The molecule has 0 aromatic rings. The smallest absolute Gasteiger partial charge is 0.226 e. The summed E-state index contributed by atoms with van der Waals surface area (Å²) in [6.45, 7) is 2.48. The summed E-state index contributed by atoms with van der Waals surface area (Å²) in [7, 11) is 0. The Hall–Kier alpha value is -1.40. The summed E-state index contributed by atoms with van der Waals surface area (Å²) in [4.78, 5) is 26.4. The lowest BCUT2D eigenvalue weighted by Gasteiger charge is -2.34. The number of nitrogens with one attached hydrogen (secondary N) is 1. The molecule has 2 unspecified atom stereocenters. The van der Waals surface area contributed by atoms with Crippen LogP contribution in [0, 0.1) is 11.8 Å². The summed E-state index contributed by atoms with van der Waals surface area (Å²) in [5.74, 6) is -0.726. The SMILES string of the molecule is O=C(NCCO)C1CC=CCC1C(=O)N1CCOCC1. The van der Waals surface area contributed by atoms with Crippen LogP contribution in [0.5, 0.6) is 0 Å². The fraction of sp³-hybridized carbons (Fsp3) is 0.714. The predicted molar refractivity (Wildman–Crippen MR) is 72.8 cm³/mol. The molecule has 1 saturated heterocycles. The van der Waals surface area contributed by atoms with Gasteiger partial charge in [0.05, 0.1) is 31.7 Å². The van der Waals surface area contributed by atoms with E-state index in [0.29, 0.717) is 39.1 Å². The second-order valence-electron chi connectivity index (χ2n) is 5.11. The van der Waals surface area contributed by atoms with Gasteiger partial charge in [-0.2, -0.15) is 0 Å². The third-order valence-corrected chi connectivity index (χ3v) is 3.82. The second kappa shape index (κ2) is 7.40. The number of ether oxygens (including phenoxy) is 1. The maximum Gasteiger partial charge on any atom is 0.226 e. The summed E-state index contributed by atoms with van der Waals surface area (Å²) < 4.78 is 5.25. The van der Waals surface area contributed by atoms with Crippen LogP contribution in [0.4, 0.5) is 0 Å². The number of aliphatic hydroxyl groups is 1. The van der Waals surface area contributed by atoms with Crippen LogP contribution < -0.4 is 5.32 Å². The third kappa shape index (κ3) is 3.58. The molecule has 0 saturated carbocycles. The molecule has 2 atom stereocenters. The predicted octanol–water partition coefficient (Wildman–Crippen LogP) is -0.464. The Balaban J connectivity index is 2.00. The number of carbonyl (C=O) groups is 2. The van der Waals surface area contributed by atoms with Crippen molar-refractivity contribution >= 4 is 11.8 Å². The number of hydrogen-bond acceptors (Lipinski definition) is 4. The highest BCUT2D eigenvalue weighted by Crippen LogP contribution is 2.28. The molecule has 1 fully saturated rings. The Labute approximate surface area is 118 Å². The molecule has 6 heteroatoms. The van der Waals surface area contributed by atoms with Crippen molar-refractivity contribution in [1.29, 1.82) is 0 Å². The van der Waals surface area contributed by atoms with Gasteiger partial charge in [-0.25, -0.2) is 0 Å². The molecule has 112 valence electrons. The molecule has 0 aromatic carbocycles. The average Bonchev–Trinajstić information content (AvgIpc) is 2.52. The second-order valence-corrected chi connectivity index (χ2v) is 5.11. The van der Waals surface area contributed by atoms with Gasteiger partial charge in [0.25, 0.3) is 0 Å². The van der Waals surface area contributed by atoms with Crippen LogP contribution >= 0.6 is 0 Å². The lowest BCUT2D eigenvalue weighted by Crippen LogP contribution is -2.48. The van der Waals surface area contributed by atoms with Crippen LogP contribution in [0.25, 0.3) is 0 Å². The van der Waals surface area contributed by atoms with Crippen molar-refractivity contribution in [2.75, 3.05) is 39.5 Å². The van der Waals surface area contributed by atoms with Gasteiger partial charge in [0, 0.05) is 19.6 Å². The van der Waals surface area contributed by atoms with Crippen LogP contribution in [0.1, 0.15) is 12.8 Å². The summed E-state index contributed by atoms with van der Waals surface area (Å²) >= 11 is 0. The maximum absolute atomic E-state index is 12.5. The number of morpholine rings is 1. The summed E-state index contributed by atoms with van der Waals surface area (Å²) in [6, 6.07) is 0. The molecule has 1 aliphatic heterocycles. The van der Waals surface area contributed by atoms with Crippen molar-refractivity contribution in [3.63, 3.8) is 0 Å². The number of hydrogen-bond donors (Lipinski definition) is 2. The fourth-order valence-corrected chi connectivity index (χ4v) is 2.71. The quantitative estimate of drug-likeness (QED) is 0.684. The van der Waals surface area contributed by atoms with Gasteiger partial charge < -0.3 is 20.1 Å². The molecule has 2 aliphatic rings. The average molecular weight is 282 g/mol. The molecule has 0 spiro atoms. The molecular formula is C14H22N2O4. The zero-order chi connectivity index (χ0) is 14.4. The van der Waals surface area contributed by atoms with E-state index in [1.165, 1.54) is 0 Å². The monoisotopic (exact) mass is 282 g/mol. The lowest BCUT2D eigenvalue weighted by atomic mass is 9.81. The summed E-state index contributed by atoms with van der Waals surface area (Å²) in [5, 5.41) is 11.4. The van der Waals surface area contributed by atoms with Gasteiger partial charge in [0.15, 0.2) is 0 Å². The van der Waals surface area contributed by atoms with E-state index in [0.717, 1.165) is 0 Å². The highest BCUT2D eigenvalue weighted by molar-refractivity contribution is 5.88. The Bertz CT molecular complexity index is 377. The van der Waals surface area contributed by atoms with Crippen LogP contribution in [-0.2, 0) is 14.3 Å². The van der Waals surface area contributed by atoms with Crippen molar-refractivity contribution in [2.24, 2.45) is 11.8 Å². The van der Waals surface area contributed by atoms with E-state index in [4.69, 9.17) is 9.84 Å². The largest absolute Gasteiger partial charge is 0.395 e. The Morgan fingerprint density at radius 3 is 2.50 bits per heavy atom. The van der Waals surface area contributed by atoms with E-state index in [1.54, 1.807) is 4.90 Å². The Kier molecular flexibility index (Phi) is 5.55. The molecule has 2 N–H and O–H groups in total. The normalized spacial score (nSPS) is 26.4. The number of nitrogens with zero attached hydrogens (tertiary/aromatic N) is 1. The van der Waals surface area contributed by atoms with Crippen molar-refractivity contribution in [1.82, 2.24) is 10.2 Å².